The highest BCUT2D eigenvalue weighted by Crippen LogP contribution is 2.72. The lowest BCUT2D eigenvalue weighted by Crippen LogP contribution is -2.43. The molecular weight excluding hydrogens is 264 g/mol. The number of aliphatic hydroxyl groups excluding tert-OH is 1. The lowest BCUT2D eigenvalue weighted by molar-refractivity contribution is -0.130. The molecular formula is C17H24N2O2. The van der Waals surface area contributed by atoms with Crippen LogP contribution in [0.15, 0.2) is 18.2 Å². The summed E-state index contributed by atoms with van der Waals surface area (Å²) in [6.45, 7) is 8.27. The van der Waals surface area contributed by atoms with E-state index in [4.69, 9.17) is 0 Å². The molecule has 0 aliphatic heterocycles. The smallest absolute Gasteiger partial charge is 0.232 e. The highest BCUT2D eigenvalue weighted by atomic mass is 16.3. The summed E-state index contributed by atoms with van der Waals surface area (Å²) < 4.78 is 0. The number of hydrogen-bond donors (Lipinski definition) is 2. The third-order valence-electron chi connectivity index (χ3n) is 6.54. The zero-order chi connectivity index (χ0) is 15.5. The SMILES string of the molecule is Cc1cccc(NC(=O)[C@]23CC[C@@](C)([C@H](O)C2)C3(C)C)n1. The Hall–Kier alpha value is -1.42. The highest BCUT2D eigenvalue weighted by molar-refractivity contribution is 5.96. The number of nitrogens with one attached hydrogen (secondary N) is 1. The molecule has 1 aromatic rings. The van der Waals surface area contributed by atoms with Gasteiger partial charge in [-0.25, -0.2) is 4.98 Å². The van der Waals surface area contributed by atoms with E-state index in [2.05, 4.69) is 31.1 Å². The summed E-state index contributed by atoms with van der Waals surface area (Å²) in [6.07, 6.45) is 1.88. The molecule has 0 saturated heterocycles. The zero-order valence-electron chi connectivity index (χ0n) is 13.2. The molecule has 21 heavy (non-hydrogen) atoms. The summed E-state index contributed by atoms with van der Waals surface area (Å²) in [7, 11) is 0. The molecule has 1 amide bonds. The Morgan fingerprint density at radius 1 is 1.33 bits per heavy atom. The van der Waals surface area contributed by atoms with Crippen molar-refractivity contribution in [2.45, 2.75) is 53.1 Å². The molecule has 4 heteroatoms. The van der Waals surface area contributed by atoms with Gasteiger partial charge in [-0.15, -0.1) is 0 Å². The van der Waals surface area contributed by atoms with Crippen LogP contribution < -0.4 is 5.32 Å². The molecule has 3 rings (SSSR count). The Balaban J connectivity index is 1.91. The van der Waals surface area contributed by atoms with Crippen molar-refractivity contribution in [3.8, 4) is 0 Å². The molecule has 1 aromatic heterocycles. The van der Waals surface area contributed by atoms with Crippen LogP contribution in [0, 0.1) is 23.2 Å². The predicted molar refractivity (Wildman–Crippen MR) is 81.8 cm³/mol. The second-order valence-corrected chi connectivity index (χ2v) is 7.46. The fourth-order valence-corrected chi connectivity index (χ4v) is 4.48. The third kappa shape index (κ3) is 1.71. The van der Waals surface area contributed by atoms with Crippen molar-refractivity contribution in [2.75, 3.05) is 5.32 Å². The van der Waals surface area contributed by atoms with Crippen LogP contribution in [0.3, 0.4) is 0 Å². The van der Waals surface area contributed by atoms with Gasteiger partial charge in [0.25, 0.3) is 0 Å². The molecule has 1 heterocycles. The first-order valence-electron chi connectivity index (χ1n) is 7.66. The summed E-state index contributed by atoms with van der Waals surface area (Å²) in [5.74, 6) is 0.603. The Kier molecular flexibility index (Phi) is 2.97. The maximum absolute atomic E-state index is 12.9. The fraction of sp³-hybridized carbons (Fsp3) is 0.647. The van der Waals surface area contributed by atoms with Gasteiger partial charge in [-0.1, -0.05) is 26.8 Å². The zero-order valence-corrected chi connectivity index (χ0v) is 13.2. The van der Waals surface area contributed by atoms with Gasteiger partial charge in [0, 0.05) is 5.69 Å². The average Bonchev–Trinajstić information content (AvgIpc) is 2.69. The molecule has 2 N–H and O–H groups in total. The van der Waals surface area contributed by atoms with Crippen molar-refractivity contribution < 1.29 is 9.90 Å². The maximum atomic E-state index is 12.9. The van der Waals surface area contributed by atoms with Gasteiger partial charge < -0.3 is 10.4 Å². The summed E-state index contributed by atoms with van der Waals surface area (Å²) >= 11 is 0. The van der Waals surface area contributed by atoms with Crippen molar-refractivity contribution in [2.24, 2.45) is 16.2 Å². The van der Waals surface area contributed by atoms with Crippen LogP contribution in [-0.2, 0) is 4.79 Å². The standard InChI is InChI=1S/C17H24N2O2/c1-11-6-5-7-13(18-11)19-14(21)17-9-8-16(4,12(20)10-17)15(17,2)3/h5-7,12,20H,8-10H2,1-4H3,(H,18,19,21)/t12-,16+,17+/m1/s1. The van der Waals surface area contributed by atoms with Crippen LogP contribution in [0.2, 0.25) is 0 Å². The number of carbonyl (C=O) groups excluding carboxylic acids is 1. The van der Waals surface area contributed by atoms with Gasteiger partial charge in [0.1, 0.15) is 5.82 Å². The number of anilines is 1. The summed E-state index contributed by atoms with van der Waals surface area (Å²) in [5, 5.41) is 13.4. The first-order chi connectivity index (χ1) is 9.73. The van der Waals surface area contributed by atoms with Crippen molar-refractivity contribution in [3.63, 3.8) is 0 Å². The summed E-state index contributed by atoms with van der Waals surface area (Å²) in [6, 6.07) is 5.61. The number of nitrogens with zero attached hydrogens (tertiary/aromatic N) is 1. The summed E-state index contributed by atoms with van der Waals surface area (Å²) in [5.41, 5.74) is -0.00289. The first-order valence-corrected chi connectivity index (χ1v) is 7.66. The topological polar surface area (TPSA) is 62.2 Å². The molecule has 0 aromatic carbocycles. The monoisotopic (exact) mass is 288 g/mol. The van der Waals surface area contributed by atoms with Gasteiger partial charge in [-0.05, 0) is 49.1 Å². The van der Waals surface area contributed by atoms with Gasteiger partial charge in [0.2, 0.25) is 5.91 Å². The molecule has 0 radical (unpaired) electrons. The molecule has 0 spiro atoms. The van der Waals surface area contributed by atoms with E-state index in [1.807, 2.05) is 25.1 Å². The molecule has 2 aliphatic carbocycles. The minimum atomic E-state index is -0.493. The van der Waals surface area contributed by atoms with Crippen molar-refractivity contribution in [1.29, 1.82) is 0 Å². The highest BCUT2D eigenvalue weighted by Gasteiger charge is 2.72. The number of hydrogen-bond acceptors (Lipinski definition) is 3. The van der Waals surface area contributed by atoms with Crippen molar-refractivity contribution >= 4 is 11.7 Å². The number of carbonyl (C=O) groups is 1. The average molecular weight is 288 g/mol. The second kappa shape index (κ2) is 4.29. The lowest BCUT2D eigenvalue weighted by Gasteiger charge is -2.40. The van der Waals surface area contributed by atoms with Gasteiger partial charge in [0.05, 0.1) is 11.5 Å². The minimum absolute atomic E-state index is 0.00544. The molecule has 114 valence electrons. The largest absolute Gasteiger partial charge is 0.393 e. The van der Waals surface area contributed by atoms with Crippen LogP contribution in [0.5, 0.6) is 0 Å². The first kappa shape index (κ1) is 14.5. The van der Waals surface area contributed by atoms with Gasteiger partial charge in [-0.2, -0.15) is 0 Å². The molecule has 2 saturated carbocycles. The van der Waals surface area contributed by atoms with E-state index in [0.717, 1.165) is 18.5 Å². The Morgan fingerprint density at radius 2 is 2.05 bits per heavy atom. The number of fused-ring (bicyclic) bond motifs is 2. The minimum Gasteiger partial charge on any atom is -0.393 e. The normalized spacial score (nSPS) is 36.7. The number of amides is 1. The molecule has 2 fully saturated rings. The fourth-order valence-electron chi connectivity index (χ4n) is 4.48. The van der Waals surface area contributed by atoms with E-state index < -0.39 is 11.5 Å². The Morgan fingerprint density at radius 3 is 2.57 bits per heavy atom. The van der Waals surface area contributed by atoms with Crippen LogP contribution in [0.1, 0.15) is 45.7 Å². The quantitative estimate of drug-likeness (QED) is 0.879. The number of pyridine rings is 1. The van der Waals surface area contributed by atoms with Gasteiger partial charge in [0.15, 0.2) is 0 Å². The number of aliphatic hydroxyl groups is 1. The van der Waals surface area contributed by atoms with E-state index in [1.54, 1.807) is 0 Å². The second-order valence-electron chi connectivity index (χ2n) is 7.46. The van der Waals surface area contributed by atoms with E-state index in [9.17, 15) is 9.90 Å². The number of aryl methyl sites for hydroxylation is 1. The van der Waals surface area contributed by atoms with E-state index >= 15 is 0 Å². The van der Waals surface area contributed by atoms with Crippen LogP contribution in [0.4, 0.5) is 5.82 Å². The number of rotatable bonds is 2. The maximum Gasteiger partial charge on any atom is 0.232 e. The van der Waals surface area contributed by atoms with E-state index in [0.29, 0.717) is 12.2 Å². The molecule has 2 aliphatic rings. The third-order valence-corrected chi connectivity index (χ3v) is 6.54. The molecule has 0 unspecified atom stereocenters. The lowest BCUT2D eigenvalue weighted by atomic mass is 9.64. The molecule has 3 atom stereocenters. The summed E-state index contributed by atoms with van der Waals surface area (Å²) in [4.78, 5) is 17.3. The van der Waals surface area contributed by atoms with E-state index in [1.165, 1.54) is 0 Å². The van der Waals surface area contributed by atoms with Crippen molar-refractivity contribution in [3.05, 3.63) is 23.9 Å². The Bertz CT molecular complexity index is 598. The van der Waals surface area contributed by atoms with E-state index in [-0.39, 0.29) is 16.7 Å². The number of aromatic nitrogens is 1. The van der Waals surface area contributed by atoms with Crippen molar-refractivity contribution in [1.82, 2.24) is 4.98 Å². The van der Waals surface area contributed by atoms with Gasteiger partial charge in [-0.3, -0.25) is 4.79 Å². The molecule has 2 bridgehead atoms. The van der Waals surface area contributed by atoms with Crippen LogP contribution >= 0.6 is 0 Å². The van der Waals surface area contributed by atoms with Crippen LogP contribution in [-0.4, -0.2) is 22.1 Å². The predicted octanol–water partition coefficient (Wildman–Crippen LogP) is 2.91. The van der Waals surface area contributed by atoms with Crippen LogP contribution in [0.25, 0.3) is 0 Å². The van der Waals surface area contributed by atoms with Gasteiger partial charge >= 0.3 is 0 Å². The molecule has 4 nitrogen and oxygen atoms in total. The Labute approximate surface area is 126 Å².